The van der Waals surface area contributed by atoms with Crippen molar-refractivity contribution in [3.63, 3.8) is 0 Å². The van der Waals surface area contributed by atoms with E-state index in [1.54, 1.807) is 39.2 Å². The number of rotatable bonds is 2. The molecule has 2 aromatic heterocycles. The predicted octanol–water partition coefficient (Wildman–Crippen LogP) is 2.36. The molecule has 0 bridgehead atoms. The molecular weight excluding hydrogens is 297 g/mol. The highest BCUT2D eigenvalue weighted by atomic mass is 19.1. The number of hydrogen-bond donors (Lipinski definition) is 1. The summed E-state index contributed by atoms with van der Waals surface area (Å²) in [4.78, 5) is 20.3. The molecule has 1 N–H and O–H groups in total. The van der Waals surface area contributed by atoms with Crippen molar-refractivity contribution in [2.75, 3.05) is 0 Å². The Hall–Kier alpha value is -2.60. The molecule has 5 nitrogen and oxygen atoms in total. The fourth-order valence-corrected chi connectivity index (χ4v) is 2.34. The van der Waals surface area contributed by atoms with Crippen LogP contribution in [-0.4, -0.2) is 19.6 Å². The molecule has 0 unspecified atom stereocenters. The van der Waals surface area contributed by atoms with Gasteiger partial charge in [-0.25, -0.2) is 4.39 Å². The van der Waals surface area contributed by atoms with E-state index in [1.165, 1.54) is 23.0 Å². The molecule has 0 saturated carbocycles. The Morgan fingerprint density at radius 2 is 1.96 bits per heavy atom. The number of pyridine rings is 1. The number of aliphatic hydroxyl groups is 1. The van der Waals surface area contributed by atoms with E-state index in [4.69, 9.17) is 0 Å². The summed E-state index contributed by atoms with van der Waals surface area (Å²) in [5.41, 5.74) is -0.356. The first kappa shape index (κ1) is 15.3. The minimum atomic E-state index is -1.11. The van der Waals surface area contributed by atoms with Crippen LogP contribution in [0.4, 0.5) is 4.39 Å². The molecule has 1 aromatic carbocycles. The van der Waals surface area contributed by atoms with Crippen LogP contribution in [0.2, 0.25) is 0 Å². The number of hydrogen-bond acceptors (Lipinski definition) is 4. The van der Waals surface area contributed by atoms with Crippen LogP contribution >= 0.6 is 0 Å². The topological polar surface area (TPSA) is 68.0 Å². The molecular formula is C17H16FN3O2. The minimum absolute atomic E-state index is 0.253. The summed E-state index contributed by atoms with van der Waals surface area (Å²) in [5, 5.41) is 10.8. The van der Waals surface area contributed by atoms with Crippen LogP contribution in [0.1, 0.15) is 19.5 Å². The van der Waals surface area contributed by atoms with Gasteiger partial charge in [0.15, 0.2) is 0 Å². The van der Waals surface area contributed by atoms with Gasteiger partial charge in [0.1, 0.15) is 11.4 Å². The molecule has 0 saturated heterocycles. The smallest absolute Gasteiger partial charge is 0.258 e. The van der Waals surface area contributed by atoms with Crippen LogP contribution in [0.25, 0.3) is 22.0 Å². The largest absolute Gasteiger partial charge is 0.384 e. The maximum atomic E-state index is 14.4. The fourth-order valence-electron chi connectivity index (χ4n) is 2.34. The van der Waals surface area contributed by atoms with Gasteiger partial charge < -0.3 is 9.67 Å². The molecule has 23 heavy (non-hydrogen) atoms. The lowest BCUT2D eigenvalue weighted by Gasteiger charge is -2.16. The highest BCUT2D eigenvalue weighted by Crippen LogP contribution is 2.26. The molecule has 0 aliphatic heterocycles. The maximum Gasteiger partial charge on any atom is 0.258 e. The van der Waals surface area contributed by atoms with Crippen molar-refractivity contribution in [2.24, 2.45) is 7.05 Å². The SMILES string of the molecule is Cn1ccc2cc(-c3cnc(C(C)(C)O)cn3)c(F)cc2c1=O. The maximum absolute atomic E-state index is 14.4. The number of halogens is 1. The van der Waals surface area contributed by atoms with E-state index in [2.05, 4.69) is 9.97 Å². The van der Waals surface area contributed by atoms with Gasteiger partial charge in [-0.15, -0.1) is 0 Å². The third kappa shape index (κ3) is 2.73. The van der Waals surface area contributed by atoms with Crippen molar-refractivity contribution >= 4 is 10.8 Å². The van der Waals surface area contributed by atoms with Gasteiger partial charge in [0.05, 0.1) is 29.2 Å². The van der Waals surface area contributed by atoms with Gasteiger partial charge in [-0.2, -0.15) is 0 Å². The summed E-state index contributed by atoms with van der Waals surface area (Å²) in [6, 6.07) is 4.55. The van der Waals surface area contributed by atoms with Gasteiger partial charge in [0.2, 0.25) is 0 Å². The van der Waals surface area contributed by atoms with Crippen molar-refractivity contribution < 1.29 is 9.50 Å². The summed E-state index contributed by atoms with van der Waals surface area (Å²) in [7, 11) is 1.62. The average molecular weight is 313 g/mol. The molecule has 0 fully saturated rings. The van der Waals surface area contributed by atoms with Crippen molar-refractivity contribution in [2.45, 2.75) is 19.4 Å². The molecule has 3 rings (SSSR count). The highest BCUT2D eigenvalue weighted by molar-refractivity contribution is 5.86. The van der Waals surface area contributed by atoms with E-state index in [0.29, 0.717) is 22.2 Å². The first-order valence-electron chi connectivity index (χ1n) is 7.11. The Kier molecular flexibility index (Phi) is 3.49. The second-order valence-electron chi connectivity index (χ2n) is 6.00. The lowest BCUT2D eigenvalue weighted by atomic mass is 10.0. The lowest BCUT2D eigenvalue weighted by Crippen LogP contribution is -2.17. The van der Waals surface area contributed by atoms with Crippen LogP contribution < -0.4 is 5.56 Å². The molecule has 0 radical (unpaired) electrons. The Balaban J connectivity index is 2.15. The van der Waals surface area contributed by atoms with Gasteiger partial charge in [-0.3, -0.25) is 14.8 Å². The van der Waals surface area contributed by atoms with Crippen LogP contribution in [0, 0.1) is 5.82 Å². The van der Waals surface area contributed by atoms with Crippen LogP contribution in [0.5, 0.6) is 0 Å². The second kappa shape index (κ2) is 5.24. The van der Waals surface area contributed by atoms with Crippen molar-refractivity contribution in [3.8, 4) is 11.3 Å². The van der Waals surface area contributed by atoms with Crippen LogP contribution in [0.15, 0.2) is 41.6 Å². The van der Waals surface area contributed by atoms with Gasteiger partial charge in [-0.1, -0.05) is 0 Å². The quantitative estimate of drug-likeness (QED) is 0.788. The van der Waals surface area contributed by atoms with Crippen LogP contribution in [0.3, 0.4) is 0 Å². The summed E-state index contributed by atoms with van der Waals surface area (Å²) >= 11 is 0. The fraction of sp³-hybridized carbons (Fsp3) is 0.235. The Bertz CT molecular complexity index is 941. The first-order chi connectivity index (χ1) is 10.8. The number of aromatic nitrogens is 3. The zero-order valence-corrected chi connectivity index (χ0v) is 13.0. The third-order valence-electron chi connectivity index (χ3n) is 3.72. The first-order valence-corrected chi connectivity index (χ1v) is 7.11. The normalized spacial score (nSPS) is 11.9. The highest BCUT2D eigenvalue weighted by Gasteiger charge is 2.19. The minimum Gasteiger partial charge on any atom is -0.384 e. The standard InChI is InChI=1S/C17H16FN3O2/c1-17(2,23)15-9-19-14(8-20-15)12-6-10-4-5-21(3)16(22)11(10)7-13(12)18/h4-9,23H,1-3H3. The number of benzene rings is 1. The molecule has 2 heterocycles. The van der Waals surface area contributed by atoms with Crippen molar-refractivity contribution in [1.82, 2.24) is 14.5 Å². The number of nitrogens with zero attached hydrogens (tertiary/aromatic N) is 3. The molecule has 0 atom stereocenters. The summed E-state index contributed by atoms with van der Waals surface area (Å²) < 4.78 is 15.8. The molecule has 0 aliphatic rings. The molecule has 6 heteroatoms. The summed E-state index contributed by atoms with van der Waals surface area (Å²) in [5.74, 6) is -0.536. The third-order valence-corrected chi connectivity index (χ3v) is 3.72. The Morgan fingerprint density at radius 3 is 2.57 bits per heavy atom. The van der Waals surface area contributed by atoms with E-state index in [0.717, 1.165) is 0 Å². The van der Waals surface area contributed by atoms with Crippen molar-refractivity contribution in [3.05, 3.63) is 58.7 Å². The Morgan fingerprint density at radius 1 is 1.22 bits per heavy atom. The van der Waals surface area contributed by atoms with E-state index in [-0.39, 0.29) is 11.1 Å². The number of aryl methyl sites for hydroxylation is 1. The molecule has 118 valence electrons. The second-order valence-corrected chi connectivity index (χ2v) is 6.00. The average Bonchev–Trinajstić information content (AvgIpc) is 2.50. The molecule has 0 amide bonds. The predicted molar refractivity (Wildman–Crippen MR) is 85.4 cm³/mol. The van der Waals surface area contributed by atoms with Crippen molar-refractivity contribution in [1.29, 1.82) is 0 Å². The van der Waals surface area contributed by atoms with Gasteiger partial charge >= 0.3 is 0 Å². The summed E-state index contributed by atoms with van der Waals surface area (Å²) in [6.07, 6.45) is 4.47. The monoisotopic (exact) mass is 313 g/mol. The van der Waals surface area contributed by atoms with Gasteiger partial charge in [0, 0.05) is 18.8 Å². The number of fused-ring (bicyclic) bond motifs is 1. The Labute approximate surface area is 132 Å². The zero-order valence-electron chi connectivity index (χ0n) is 13.0. The lowest BCUT2D eigenvalue weighted by molar-refractivity contribution is 0.0734. The van der Waals surface area contributed by atoms with E-state index < -0.39 is 11.4 Å². The van der Waals surface area contributed by atoms with Gasteiger partial charge in [-0.05, 0) is 37.4 Å². The van der Waals surface area contributed by atoms with Gasteiger partial charge in [0.25, 0.3) is 5.56 Å². The molecule has 3 aromatic rings. The molecule has 0 spiro atoms. The zero-order chi connectivity index (χ0) is 16.8. The van der Waals surface area contributed by atoms with Crippen LogP contribution in [-0.2, 0) is 12.6 Å². The van der Waals surface area contributed by atoms with E-state index in [1.807, 2.05) is 0 Å². The van der Waals surface area contributed by atoms with E-state index in [9.17, 15) is 14.3 Å². The molecule has 0 aliphatic carbocycles. The van der Waals surface area contributed by atoms with E-state index >= 15 is 0 Å². The summed E-state index contributed by atoms with van der Waals surface area (Å²) in [6.45, 7) is 3.20.